The van der Waals surface area contributed by atoms with Gasteiger partial charge < -0.3 is 15.8 Å². The van der Waals surface area contributed by atoms with Crippen LogP contribution in [0.3, 0.4) is 0 Å². The molecule has 0 radical (unpaired) electrons. The molecule has 2 aromatic carbocycles. The SMILES string of the molecule is COc1ccc(NC(=O)[C@@H](N)CC(F)(F)F)c(C(=O)c2ccc(Cl)cc2)c1. The highest BCUT2D eigenvalue weighted by Crippen LogP contribution is 2.26. The predicted molar refractivity (Wildman–Crippen MR) is 95.2 cm³/mol. The summed E-state index contributed by atoms with van der Waals surface area (Å²) in [6, 6.07) is 8.42. The number of anilines is 1. The van der Waals surface area contributed by atoms with Crippen LogP contribution in [0.25, 0.3) is 0 Å². The minimum absolute atomic E-state index is 0.0263. The number of benzene rings is 2. The predicted octanol–water partition coefficient (Wildman–Crippen LogP) is 3.80. The van der Waals surface area contributed by atoms with Crippen LogP contribution in [0.15, 0.2) is 42.5 Å². The molecule has 0 fully saturated rings. The zero-order valence-electron chi connectivity index (χ0n) is 14.1. The quantitative estimate of drug-likeness (QED) is 0.723. The van der Waals surface area contributed by atoms with Gasteiger partial charge in [-0.2, -0.15) is 13.2 Å². The van der Waals surface area contributed by atoms with E-state index in [9.17, 15) is 22.8 Å². The van der Waals surface area contributed by atoms with Gasteiger partial charge in [-0.1, -0.05) is 11.6 Å². The summed E-state index contributed by atoms with van der Waals surface area (Å²) in [5.41, 5.74) is 5.66. The molecule has 2 aromatic rings. The molecule has 0 aliphatic heterocycles. The number of halogens is 4. The minimum atomic E-state index is -4.58. The highest BCUT2D eigenvalue weighted by atomic mass is 35.5. The molecule has 0 saturated carbocycles. The largest absolute Gasteiger partial charge is 0.497 e. The summed E-state index contributed by atoms with van der Waals surface area (Å²) >= 11 is 5.80. The second-order valence-corrected chi connectivity index (χ2v) is 6.10. The Kier molecular flexibility index (Phi) is 6.45. The number of hydrogen-bond acceptors (Lipinski definition) is 4. The Morgan fingerprint density at radius 2 is 1.81 bits per heavy atom. The molecule has 2 rings (SSSR count). The van der Waals surface area contributed by atoms with Gasteiger partial charge in [-0.25, -0.2) is 0 Å². The molecule has 0 heterocycles. The van der Waals surface area contributed by atoms with E-state index in [2.05, 4.69) is 5.32 Å². The van der Waals surface area contributed by atoms with Gasteiger partial charge in [0.25, 0.3) is 0 Å². The number of nitrogens with two attached hydrogens (primary N) is 1. The van der Waals surface area contributed by atoms with E-state index in [0.29, 0.717) is 10.8 Å². The van der Waals surface area contributed by atoms with Gasteiger partial charge in [0.2, 0.25) is 5.91 Å². The van der Waals surface area contributed by atoms with Crippen LogP contribution in [0.2, 0.25) is 5.02 Å². The lowest BCUT2D eigenvalue weighted by atomic mass is 10.0. The maximum Gasteiger partial charge on any atom is 0.391 e. The van der Waals surface area contributed by atoms with Crippen molar-refractivity contribution in [1.82, 2.24) is 0 Å². The molecule has 5 nitrogen and oxygen atoms in total. The van der Waals surface area contributed by atoms with Crippen molar-refractivity contribution in [3.05, 3.63) is 58.6 Å². The highest BCUT2D eigenvalue weighted by molar-refractivity contribution is 6.30. The van der Waals surface area contributed by atoms with Gasteiger partial charge in [0, 0.05) is 16.1 Å². The first-order valence-corrected chi connectivity index (χ1v) is 8.10. The number of carbonyl (C=O) groups excluding carboxylic acids is 2. The van der Waals surface area contributed by atoms with Crippen LogP contribution in [0.5, 0.6) is 5.75 Å². The Hall–Kier alpha value is -2.58. The monoisotopic (exact) mass is 400 g/mol. The van der Waals surface area contributed by atoms with Crippen molar-refractivity contribution in [2.45, 2.75) is 18.6 Å². The minimum Gasteiger partial charge on any atom is -0.497 e. The molecular formula is C18H16ClF3N2O3. The zero-order chi connectivity index (χ0) is 20.2. The smallest absolute Gasteiger partial charge is 0.391 e. The first-order valence-electron chi connectivity index (χ1n) is 7.72. The summed E-state index contributed by atoms with van der Waals surface area (Å²) in [6.07, 6.45) is -6.06. The molecule has 1 amide bonds. The number of rotatable bonds is 6. The molecule has 1 atom stereocenters. The lowest BCUT2D eigenvalue weighted by molar-refractivity contribution is -0.145. The van der Waals surface area contributed by atoms with E-state index in [0.717, 1.165) is 0 Å². The van der Waals surface area contributed by atoms with Crippen molar-refractivity contribution in [3.8, 4) is 5.75 Å². The maximum atomic E-state index is 12.8. The molecule has 0 saturated heterocycles. The van der Waals surface area contributed by atoms with Gasteiger partial charge in [0.1, 0.15) is 5.75 Å². The number of ether oxygens (including phenoxy) is 1. The van der Waals surface area contributed by atoms with E-state index in [4.69, 9.17) is 22.1 Å². The molecule has 0 aromatic heterocycles. The van der Waals surface area contributed by atoms with E-state index < -0.39 is 30.3 Å². The van der Waals surface area contributed by atoms with Crippen molar-refractivity contribution >= 4 is 29.0 Å². The van der Waals surface area contributed by atoms with Crippen LogP contribution in [-0.4, -0.2) is 31.0 Å². The van der Waals surface area contributed by atoms with Crippen molar-refractivity contribution in [1.29, 1.82) is 0 Å². The number of methoxy groups -OCH3 is 1. The van der Waals surface area contributed by atoms with E-state index in [1.165, 1.54) is 49.6 Å². The van der Waals surface area contributed by atoms with Crippen LogP contribution in [0.1, 0.15) is 22.3 Å². The molecule has 27 heavy (non-hydrogen) atoms. The Morgan fingerprint density at radius 1 is 1.19 bits per heavy atom. The van der Waals surface area contributed by atoms with E-state index in [1.54, 1.807) is 0 Å². The molecule has 3 N–H and O–H groups in total. The van der Waals surface area contributed by atoms with Gasteiger partial charge in [-0.05, 0) is 42.5 Å². The Morgan fingerprint density at radius 3 is 2.37 bits per heavy atom. The van der Waals surface area contributed by atoms with E-state index in [1.807, 2.05) is 0 Å². The number of alkyl halides is 3. The number of ketones is 1. The second kappa shape index (κ2) is 8.41. The lowest BCUT2D eigenvalue weighted by Gasteiger charge is -2.16. The fourth-order valence-electron chi connectivity index (χ4n) is 2.27. The van der Waals surface area contributed by atoms with Crippen molar-refractivity contribution in [2.24, 2.45) is 5.73 Å². The van der Waals surface area contributed by atoms with Gasteiger partial charge in [-0.15, -0.1) is 0 Å². The molecule has 0 aliphatic carbocycles. The molecule has 0 bridgehead atoms. The third-order valence-electron chi connectivity index (χ3n) is 3.62. The van der Waals surface area contributed by atoms with Gasteiger partial charge in [-0.3, -0.25) is 9.59 Å². The average molecular weight is 401 g/mol. The van der Waals surface area contributed by atoms with Crippen LogP contribution < -0.4 is 15.8 Å². The summed E-state index contributed by atoms with van der Waals surface area (Å²) < 4.78 is 42.3. The van der Waals surface area contributed by atoms with Crippen LogP contribution in [-0.2, 0) is 4.79 Å². The molecule has 144 valence electrons. The Balaban J connectivity index is 2.32. The molecule has 9 heteroatoms. The second-order valence-electron chi connectivity index (χ2n) is 5.66. The number of carbonyl (C=O) groups is 2. The van der Waals surface area contributed by atoms with Crippen molar-refractivity contribution in [3.63, 3.8) is 0 Å². The summed E-state index contributed by atoms with van der Waals surface area (Å²) in [7, 11) is 1.39. The highest BCUT2D eigenvalue weighted by Gasteiger charge is 2.33. The van der Waals surface area contributed by atoms with E-state index >= 15 is 0 Å². The van der Waals surface area contributed by atoms with Crippen molar-refractivity contribution in [2.75, 3.05) is 12.4 Å². The van der Waals surface area contributed by atoms with Crippen LogP contribution >= 0.6 is 11.6 Å². The summed E-state index contributed by atoms with van der Waals surface area (Å²) in [5, 5.41) is 2.71. The summed E-state index contributed by atoms with van der Waals surface area (Å²) in [4.78, 5) is 24.8. The molecule has 0 unspecified atom stereocenters. The average Bonchev–Trinajstić information content (AvgIpc) is 2.60. The topological polar surface area (TPSA) is 81.4 Å². The maximum absolute atomic E-state index is 12.8. The first-order chi connectivity index (χ1) is 12.6. The third kappa shape index (κ3) is 5.70. The Bertz CT molecular complexity index is 839. The fraction of sp³-hybridized carbons (Fsp3) is 0.222. The Labute approximate surface area is 158 Å². The molecule has 0 aliphatic rings. The lowest BCUT2D eigenvalue weighted by Crippen LogP contribution is -2.39. The van der Waals surface area contributed by atoms with Crippen molar-refractivity contribution < 1.29 is 27.5 Å². The zero-order valence-corrected chi connectivity index (χ0v) is 14.9. The van der Waals surface area contributed by atoms with E-state index in [-0.39, 0.29) is 16.8 Å². The number of hydrogen-bond donors (Lipinski definition) is 2. The standard InChI is InChI=1S/C18H16ClF3N2O3/c1-27-12-6-7-15(24-17(26)14(23)9-18(20,21)22)13(8-12)16(25)10-2-4-11(19)5-3-10/h2-8,14H,9,23H2,1H3,(H,24,26)/t14-/m0/s1. The number of nitrogens with one attached hydrogen (secondary N) is 1. The van der Waals surface area contributed by atoms with Gasteiger partial charge in [0.15, 0.2) is 5.78 Å². The molecule has 0 spiro atoms. The molecular weight excluding hydrogens is 385 g/mol. The van der Waals surface area contributed by atoms with Crippen LogP contribution in [0.4, 0.5) is 18.9 Å². The van der Waals surface area contributed by atoms with Gasteiger partial charge >= 0.3 is 6.18 Å². The summed E-state index contributed by atoms with van der Waals surface area (Å²) in [5.74, 6) is -1.18. The third-order valence-corrected chi connectivity index (χ3v) is 3.88. The number of amides is 1. The fourth-order valence-corrected chi connectivity index (χ4v) is 2.40. The first kappa shape index (κ1) is 20.7. The van der Waals surface area contributed by atoms with Crippen LogP contribution in [0, 0.1) is 0 Å². The normalized spacial score (nSPS) is 12.4. The van der Waals surface area contributed by atoms with Gasteiger partial charge in [0.05, 0.1) is 25.3 Å². The summed E-state index contributed by atoms with van der Waals surface area (Å²) in [6.45, 7) is 0.